The van der Waals surface area contributed by atoms with E-state index >= 15 is 0 Å². The van der Waals surface area contributed by atoms with Gasteiger partial charge in [-0.25, -0.2) is 4.98 Å². The molecule has 1 saturated carbocycles. The maximum absolute atomic E-state index is 5.78. The largest absolute Gasteiger partial charge is 0.474 e. The fourth-order valence-electron chi connectivity index (χ4n) is 1.49. The highest BCUT2D eigenvalue weighted by Gasteiger charge is 2.20. The molecule has 1 fully saturated rings. The van der Waals surface area contributed by atoms with E-state index in [1.807, 2.05) is 19.2 Å². The Balaban J connectivity index is 2.11. The summed E-state index contributed by atoms with van der Waals surface area (Å²) < 4.78 is 5.78. The van der Waals surface area contributed by atoms with Gasteiger partial charge in [0.15, 0.2) is 5.16 Å². The normalized spacial score (nSPS) is 15.6. The molecule has 1 aliphatic rings. The molecule has 0 aromatic carbocycles. The van der Waals surface area contributed by atoms with E-state index in [9.17, 15) is 0 Å². The first kappa shape index (κ1) is 11.5. The van der Waals surface area contributed by atoms with Crippen LogP contribution in [0.4, 0.5) is 5.82 Å². The smallest absolute Gasteiger partial charge is 0.219 e. The van der Waals surface area contributed by atoms with E-state index in [0.717, 1.165) is 30.4 Å². The molecule has 1 aromatic rings. The Morgan fingerprint density at radius 1 is 1.50 bits per heavy atom. The van der Waals surface area contributed by atoms with Crippen LogP contribution in [0.5, 0.6) is 5.88 Å². The number of hydrogen-bond acceptors (Lipinski definition) is 5. The molecule has 0 unspecified atom stereocenters. The van der Waals surface area contributed by atoms with Crippen molar-refractivity contribution in [3.63, 3.8) is 0 Å². The zero-order chi connectivity index (χ0) is 11.4. The summed E-state index contributed by atoms with van der Waals surface area (Å²) in [7, 11) is 0. The van der Waals surface area contributed by atoms with Crippen molar-refractivity contribution in [2.24, 2.45) is 0 Å². The lowest BCUT2D eigenvalue weighted by Gasteiger charge is -2.25. The van der Waals surface area contributed by atoms with Crippen molar-refractivity contribution in [1.29, 1.82) is 0 Å². The van der Waals surface area contributed by atoms with Crippen LogP contribution in [-0.4, -0.2) is 28.9 Å². The van der Waals surface area contributed by atoms with Gasteiger partial charge in [-0.05, 0) is 32.4 Å². The van der Waals surface area contributed by atoms with E-state index in [0.29, 0.717) is 12.0 Å². The Kier molecular flexibility index (Phi) is 3.88. The first-order valence-electron chi connectivity index (χ1n) is 5.65. The highest BCUT2D eigenvalue weighted by Crippen LogP contribution is 2.26. The van der Waals surface area contributed by atoms with Crippen molar-refractivity contribution in [2.75, 3.05) is 18.1 Å². The standard InChI is InChI=1S/C11H17N3OS/c1-3-12-9-7-10(14-11(13-9)16-2)15-8-5-4-6-8/h7-8H,3-6H2,1-2H3,(H,12,13,14). The van der Waals surface area contributed by atoms with Crippen molar-refractivity contribution in [1.82, 2.24) is 9.97 Å². The SMILES string of the molecule is CCNc1cc(OC2CCC2)nc(SC)n1. The number of nitrogens with zero attached hydrogens (tertiary/aromatic N) is 2. The predicted molar refractivity (Wildman–Crippen MR) is 66.2 cm³/mol. The van der Waals surface area contributed by atoms with Crippen molar-refractivity contribution in [3.8, 4) is 5.88 Å². The Morgan fingerprint density at radius 3 is 2.88 bits per heavy atom. The first-order chi connectivity index (χ1) is 7.81. The monoisotopic (exact) mass is 239 g/mol. The van der Waals surface area contributed by atoms with E-state index in [1.54, 1.807) is 0 Å². The molecule has 5 heteroatoms. The highest BCUT2D eigenvalue weighted by molar-refractivity contribution is 7.98. The van der Waals surface area contributed by atoms with Gasteiger partial charge in [0.1, 0.15) is 11.9 Å². The van der Waals surface area contributed by atoms with Crippen LogP contribution < -0.4 is 10.1 Å². The number of ether oxygens (including phenoxy) is 1. The minimum Gasteiger partial charge on any atom is -0.474 e. The van der Waals surface area contributed by atoms with Gasteiger partial charge in [0.05, 0.1) is 0 Å². The Labute approximate surface area is 100 Å². The van der Waals surface area contributed by atoms with Crippen molar-refractivity contribution in [2.45, 2.75) is 37.4 Å². The van der Waals surface area contributed by atoms with Crippen molar-refractivity contribution >= 4 is 17.6 Å². The summed E-state index contributed by atoms with van der Waals surface area (Å²) in [5, 5.41) is 3.94. The predicted octanol–water partition coefficient (Wildman–Crippen LogP) is 2.56. The molecular formula is C11H17N3OS. The second kappa shape index (κ2) is 5.39. The van der Waals surface area contributed by atoms with Gasteiger partial charge >= 0.3 is 0 Å². The number of aromatic nitrogens is 2. The maximum atomic E-state index is 5.78. The second-order valence-electron chi connectivity index (χ2n) is 3.78. The van der Waals surface area contributed by atoms with Gasteiger partial charge in [0.25, 0.3) is 0 Å². The van der Waals surface area contributed by atoms with E-state index in [-0.39, 0.29) is 0 Å². The molecule has 0 radical (unpaired) electrons. The molecule has 0 amide bonds. The molecule has 16 heavy (non-hydrogen) atoms. The van der Waals surface area contributed by atoms with Gasteiger partial charge in [-0.1, -0.05) is 11.8 Å². The lowest BCUT2D eigenvalue weighted by Crippen LogP contribution is -2.25. The zero-order valence-electron chi connectivity index (χ0n) is 9.69. The zero-order valence-corrected chi connectivity index (χ0v) is 10.5. The molecule has 0 spiro atoms. The summed E-state index contributed by atoms with van der Waals surface area (Å²) in [5.41, 5.74) is 0. The minimum atomic E-state index is 0.360. The van der Waals surface area contributed by atoms with Crippen LogP contribution >= 0.6 is 11.8 Å². The van der Waals surface area contributed by atoms with Crippen LogP contribution in [0.2, 0.25) is 0 Å². The minimum absolute atomic E-state index is 0.360. The van der Waals surface area contributed by atoms with Crippen molar-refractivity contribution < 1.29 is 4.74 Å². The molecule has 1 heterocycles. The van der Waals surface area contributed by atoms with Crippen LogP contribution in [0.1, 0.15) is 26.2 Å². The Bertz CT molecular complexity index is 355. The number of anilines is 1. The third-order valence-corrected chi connectivity index (χ3v) is 3.11. The fourth-order valence-corrected chi connectivity index (χ4v) is 1.86. The Morgan fingerprint density at radius 2 is 2.31 bits per heavy atom. The average Bonchev–Trinajstić information content (AvgIpc) is 2.24. The summed E-state index contributed by atoms with van der Waals surface area (Å²) in [5.74, 6) is 1.54. The molecule has 0 bridgehead atoms. The highest BCUT2D eigenvalue weighted by atomic mass is 32.2. The summed E-state index contributed by atoms with van der Waals surface area (Å²) in [6, 6.07) is 1.88. The van der Waals surface area contributed by atoms with Gasteiger partial charge < -0.3 is 10.1 Å². The Hall–Kier alpha value is -0.970. The van der Waals surface area contributed by atoms with E-state index in [2.05, 4.69) is 15.3 Å². The van der Waals surface area contributed by atoms with Crippen LogP contribution in [0.25, 0.3) is 0 Å². The summed E-state index contributed by atoms with van der Waals surface area (Å²) in [6.45, 7) is 2.90. The van der Waals surface area contributed by atoms with Crippen LogP contribution in [0.3, 0.4) is 0 Å². The summed E-state index contributed by atoms with van der Waals surface area (Å²) in [6.07, 6.45) is 5.90. The van der Waals surface area contributed by atoms with Crippen LogP contribution in [0, 0.1) is 0 Å². The lowest BCUT2D eigenvalue weighted by molar-refractivity contribution is 0.113. The topological polar surface area (TPSA) is 47.0 Å². The third kappa shape index (κ3) is 2.78. The number of rotatable bonds is 5. The summed E-state index contributed by atoms with van der Waals surface area (Å²) in [4.78, 5) is 8.70. The molecule has 0 aliphatic heterocycles. The molecule has 1 N–H and O–H groups in total. The van der Waals surface area contributed by atoms with Crippen LogP contribution in [0.15, 0.2) is 11.2 Å². The van der Waals surface area contributed by atoms with Gasteiger partial charge in [0, 0.05) is 12.6 Å². The molecule has 1 aromatic heterocycles. The van der Waals surface area contributed by atoms with Crippen LogP contribution in [-0.2, 0) is 0 Å². The van der Waals surface area contributed by atoms with Crippen molar-refractivity contribution in [3.05, 3.63) is 6.07 Å². The van der Waals surface area contributed by atoms with E-state index in [4.69, 9.17) is 4.74 Å². The maximum Gasteiger partial charge on any atom is 0.219 e. The fraction of sp³-hybridized carbons (Fsp3) is 0.636. The van der Waals surface area contributed by atoms with Gasteiger partial charge in [-0.15, -0.1) is 0 Å². The van der Waals surface area contributed by atoms with Gasteiger partial charge in [-0.2, -0.15) is 4.98 Å². The molecule has 0 atom stereocenters. The van der Waals surface area contributed by atoms with E-state index < -0.39 is 0 Å². The molecule has 2 rings (SSSR count). The average molecular weight is 239 g/mol. The first-order valence-corrected chi connectivity index (χ1v) is 6.88. The second-order valence-corrected chi connectivity index (χ2v) is 4.55. The lowest BCUT2D eigenvalue weighted by atomic mass is 9.96. The molecule has 1 aliphatic carbocycles. The summed E-state index contributed by atoms with van der Waals surface area (Å²) >= 11 is 1.53. The van der Waals surface area contributed by atoms with Gasteiger partial charge in [-0.3, -0.25) is 0 Å². The molecular weight excluding hydrogens is 222 g/mol. The molecule has 0 saturated heterocycles. The quantitative estimate of drug-likeness (QED) is 0.632. The third-order valence-electron chi connectivity index (χ3n) is 2.56. The number of thioether (sulfide) groups is 1. The van der Waals surface area contributed by atoms with E-state index in [1.165, 1.54) is 18.2 Å². The van der Waals surface area contributed by atoms with Gasteiger partial charge in [0.2, 0.25) is 5.88 Å². The molecule has 4 nitrogen and oxygen atoms in total. The number of hydrogen-bond donors (Lipinski definition) is 1. The molecule has 88 valence electrons. The number of nitrogens with one attached hydrogen (secondary N) is 1.